The first-order valence-corrected chi connectivity index (χ1v) is 4.41. The highest BCUT2D eigenvalue weighted by atomic mass is 19.3. The van der Waals surface area contributed by atoms with Crippen molar-refractivity contribution in [3.05, 3.63) is 34.9 Å². The molecule has 1 aromatic rings. The molecule has 0 radical (unpaired) electrons. The van der Waals surface area contributed by atoms with Crippen LogP contribution in [-0.4, -0.2) is 12.6 Å². The summed E-state index contributed by atoms with van der Waals surface area (Å²) < 4.78 is 54.8. The highest BCUT2D eigenvalue weighted by molar-refractivity contribution is 5.89. The number of alkyl halides is 2. The van der Waals surface area contributed by atoms with Crippen molar-refractivity contribution >= 4 is 5.97 Å². The minimum Gasteiger partial charge on any atom is -0.462 e. The molecule has 16 heavy (non-hydrogen) atoms. The molecule has 0 aliphatic carbocycles. The topological polar surface area (TPSA) is 26.3 Å². The van der Waals surface area contributed by atoms with Crippen LogP contribution in [0.25, 0.3) is 0 Å². The number of hydrogen-bond donors (Lipinski definition) is 0. The first kappa shape index (κ1) is 12.5. The minimum absolute atomic E-state index is 0.0157. The van der Waals surface area contributed by atoms with Gasteiger partial charge in [-0.25, -0.2) is 22.4 Å². The summed E-state index contributed by atoms with van der Waals surface area (Å²) in [6.45, 7) is 1.52. The van der Waals surface area contributed by atoms with Gasteiger partial charge in [0.2, 0.25) is 0 Å². The van der Waals surface area contributed by atoms with E-state index in [-0.39, 0.29) is 6.61 Å². The van der Waals surface area contributed by atoms with E-state index in [4.69, 9.17) is 0 Å². The summed E-state index contributed by atoms with van der Waals surface area (Å²) >= 11 is 0. The third-order valence-corrected chi connectivity index (χ3v) is 1.80. The smallest absolute Gasteiger partial charge is 0.338 e. The first-order chi connectivity index (χ1) is 7.47. The van der Waals surface area contributed by atoms with Crippen molar-refractivity contribution in [3.63, 3.8) is 0 Å². The Kier molecular flexibility index (Phi) is 3.87. The quantitative estimate of drug-likeness (QED) is 0.595. The molecule has 0 amide bonds. The Balaban J connectivity index is 3.18. The van der Waals surface area contributed by atoms with E-state index in [9.17, 15) is 22.4 Å². The molecule has 0 spiro atoms. The van der Waals surface area contributed by atoms with Gasteiger partial charge in [-0.05, 0) is 19.1 Å². The maximum Gasteiger partial charge on any atom is 0.338 e. The molecule has 1 rings (SSSR count). The van der Waals surface area contributed by atoms with Crippen LogP contribution < -0.4 is 0 Å². The van der Waals surface area contributed by atoms with E-state index in [1.807, 2.05) is 0 Å². The molecule has 0 bridgehead atoms. The van der Waals surface area contributed by atoms with Crippen molar-refractivity contribution in [2.24, 2.45) is 0 Å². The Labute approximate surface area is 88.8 Å². The van der Waals surface area contributed by atoms with E-state index in [1.165, 1.54) is 6.92 Å². The standard InChI is InChI=1S/C10H8F4O2/c1-2-16-10(15)5-3-6(9(13)14)8(12)7(11)4-5/h3-4,9H,2H2,1H3. The molecule has 0 unspecified atom stereocenters. The summed E-state index contributed by atoms with van der Waals surface area (Å²) in [6, 6.07) is 1.11. The molecule has 0 atom stereocenters. The molecule has 1 aromatic carbocycles. The number of ether oxygens (including phenoxy) is 1. The second-order valence-electron chi connectivity index (χ2n) is 2.88. The van der Waals surface area contributed by atoms with Gasteiger partial charge in [-0.2, -0.15) is 0 Å². The van der Waals surface area contributed by atoms with E-state index in [0.717, 1.165) is 0 Å². The van der Waals surface area contributed by atoms with Gasteiger partial charge in [-0.1, -0.05) is 0 Å². The molecule has 0 heterocycles. The predicted octanol–water partition coefficient (Wildman–Crippen LogP) is 3.08. The number of benzene rings is 1. The van der Waals surface area contributed by atoms with Crippen LogP contribution in [0, 0.1) is 11.6 Å². The lowest BCUT2D eigenvalue weighted by Gasteiger charge is -2.06. The molecule has 0 saturated carbocycles. The number of rotatable bonds is 3. The molecule has 0 aliphatic heterocycles. The van der Waals surface area contributed by atoms with Gasteiger partial charge in [0, 0.05) is 0 Å². The molecule has 88 valence electrons. The van der Waals surface area contributed by atoms with Gasteiger partial charge in [0.15, 0.2) is 11.6 Å². The predicted molar refractivity (Wildman–Crippen MR) is 47.3 cm³/mol. The maximum absolute atomic E-state index is 12.9. The van der Waals surface area contributed by atoms with Crippen molar-refractivity contribution in [2.75, 3.05) is 6.61 Å². The van der Waals surface area contributed by atoms with E-state index < -0.39 is 35.2 Å². The maximum atomic E-state index is 12.9. The lowest BCUT2D eigenvalue weighted by atomic mass is 10.1. The Hall–Kier alpha value is -1.59. The van der Waals surface area contributed by atoms with Gasteiger partial charge < -0.3 is 4.74 Å². The van der Waals surface area contributed by atoms with E-state index in [2.05, 4.69) is 4.74 Å². The highest BCUT2D eigenvalue weighted by Crippen LogP contribution is 2.25. The van der Waals surface area contributed by atoms with E-state index >= 15 is 0 Å². The molecule has 0 fully saturated rings. The number of carbonyl (C=O) groups is 1. The second-order valence-corrected chi connectivity index (χ2v) is 2.88. The summed E-state index contributed by atoms with van der Waals surface area (Å²) in [5, 5.41) is 0. The van der Waals surface area contributed by atoms with Gasteiger partial charge in [0.1, 0.15) is 0 Å². The van der Waals surface area contributed by atoms with E-state index in [0.29, 0.717) is 12.1 Å². The lowest BCUT2D eigenvalue weighted by molar-refractivity contribution is 0.0525. The van der Waals surface area contributed by atoms with Crippen molar-refractivity contribution in [1.29, 1.82) is 0 Å². The van der Waals surface area contributed by atoms with Gasteiger partial charge in [-0.15, -0.1) is 0 Å². The molecule has 2 nitrogen and oxygen atoms in total. The van der Waals surface area contributed by atoms with Crippen LogP contribution in [0.4, 0.5) is 17.6 Å². The largest absolute Gasteiger partial charge is 0.462 e. The summed E-state index contributed by atoms with van der Waals surface area (Å²) in [6.07, 6.45) is -3.19. The summed E-state index contributed by atoms with van der Waals surface area (Å²) in [7, 11) is 0. The fourth-order valence-corrected chi connectivity index (χ4v) is 1.10. The molecule has 0 aromatic heterocycles. The molecular formula is C10H8F4O2. The molecule has 6 heteroatoms. The lowest BCUT2D eigenvalue weighted by Crippen LogP contribution is -2.07. The third kappa shape index (κ3) is 2.50. The van der Waals surface area contributed by atoms with Gasteiger partial charge in [0.05, 0.1) is 17.7 Å². The van der Waals surface area contributed by atoms with Crippen LogP contribution in [0.15, 0.2) is 12.1 Å². The van der Waals surface area contributed by atoms with Crippen LogP contribution in [0.5, 0.6) is 0 Å². The van der Waals surface area contributed by atoms with Crippen molar-refractivity contribution < 1.29 is 27.1 Å². The average Bonchev–Trinajstić information content (AvgIpc) is 2.21. The van der Waals surface area contributed by atoms with Gasteiger partial charge in [0.25, 0.3) is 6.43 Å². The summed E-state index contributed by atoms with van der Waals surface area (Å²) in [4.78, 5) is 11.1. The number of halogens is 4. The van der Waals surface area contributed by atoms with E-state index in [1.54, 1.807) is 0 Å². The Bertz CT molecular complexity index is 404. The number of hydrogen-bond acceptors (Lipinski definition) is 2. The molecule has 0 N–H and O–H groups in total. The number of carbonyl (C=O) groups excluding carboxylic acids is 1. The van der Waals surface area contributed by atoms with Crippen LogP contribution in [0.3, 0.4) is 0 Å². The Morgan fingerprint density at radius 1 is 1.38 bits per heavy atom. The molecule has 0 saturated heterocycles. The van der Waals surface area contributed by atoms with Crippen molar-refractivity contribution in [3.8, 4) is 0 Å². The monoisotopic (exact) mass is 236 g/mol. The van der Waals surface area contributed by atoms with Crippen LogP contribution in [-0.2, 0) is 4.74 Å². The fraction of sp³-hybridized carbons (Fsp3) is 0.300. The van der Waals surface area contributed by atoms with Crippen LogP contribution in [0.2, 0.25) is 0 Å². The van der Waals surface area contributed by atoms with Gasteiger partial charge in [-0.3, -0.25) is 0 Å². The zero-order chi connectivity index (χ0) is 12.3. The Morgan fingerprint density at radius 2 is 2.00 bits per heavy atom. The van der Waals surface area contributed by atoms with Crippen molar-refractivity contribution in [2.45, 2.75) is 13.3 Å². The SMILES string of the molecule is CCOC(=O)c1cc(F)c(F)c(C(F)F)c1. The third-order valence-electron chi connectivity index (χ3n) is 1.80. The van der Waals surface area contributed by atoms with Gasteiger partial charge >= 0.3 is 5.97 Å². The van der Waals surface area contributed by atoms with Crippen molar-refractivity contribution in [1.82, 2.24) is 0 Å². The molecule has 0 aliphatic rings. The minimum atomic E-state index is -3.19. The van der Waals surface area contributed by atoms with Crippen LogP contribution in [0.1, 0.15) is 29.3 Å². The second kappa shape index (κ2) is 4.96. The summed E-state index contributed by atoms with van der Waals surface area (Å²) in [5.74, 6) is -4.12. The first-order valence-electron chi connectivity index (χ1n) is 4.41. The average molecular weight is 236 g/mol. The summed E-state index contributed by atoms with van der Waals surface area (Å²) in [5.41, 5.74) is -1.58. The van der Waals surface area contributed by atoms with Crippen LogP contribution >= 0.6 is 0 Å². The Morgan fingerprint density at radius 3 is 2.50 bits per heavy atom. The zero-order valence-electron chi connectivity index (χ0n) is 8.27. The molecular weight excluding hydrogens is 228 g/mol. The highest BCUT2D eigenvalue weighted by Gasteiger charge is 2.21. The number of esters is 1. The fourth-order valence-electron chi connectivity index (χ4n) is 1.10. The normalized spacial score (nSPS) is 10.6. The zero-order valence-corrected chi connectivity index (χ0v) is 8.27.